The average Bonchev–Trinajstić information content (AvgIpc) is 2.59. The quantitative estimate of drug-likeness (QED) is 0.936. The summed E-state index contributed by atoms with van der Waals surface area (Å²) in [7, 11) is 0. The number of rotatable bonds is 4. The van der Waals surface area contributed by atoms with E-state index >= 15 is 0 Å². The first kappa shape index (κ1) is 15.9. The second kappa shape index (κ2) is 7.53. The van der Waals surface area contributed by atoms with Crippen molar-refractivity contribution in [1.82, 2.24) is 20.2 Å². The molecule has 1 amide bonds. The Morgan fingerprint density at radius 3 is 2.61 bits per heavy atom. The van der Waals surface area contributed by atoms with E-state index in [2.05, 4.69) is 32.3 Å². The van der Waals surface area contributed by atoms with Gasteiger partial charge in [-0.05, 0) is 30.5 Å². The zero-order valence-electron chi connectivity index (χ0n) is 12.8. The van der Waals surface area contributed by atoms with Crippen LogP contribution in [0.15, 0.2) is 42.9 Å². The van der Waals surface area contributed by atoms with Gasteiger partial charge in [-0.25, -0.2) is 4.98 Å². The lowest BCUT2D eigenvalue weighted by Gasteiger charge is -2.32. The van der Waals surface area contributed by atoms with Gasteiger partial charge in [0.25, 0.3) is 5.91 Å². The normalized spacial score (nSPS) is 16.2. The van der Waals surface area contributed by atoms with E-state index in [1.807, 2.05) is 12.1 Å². The standard InChI is InChI=1S/C17H19ClN4O/c18-14-3-1-13(2-4-14)12-22-9-5-15(6-10-22)21-17(23)16-11-19-7-8-20-16/h1-4,7-8,11,15H,5-6,9-10,12H2,(H,21,23). The molecule has 0 unspecified atom stereocenters. The summed E-state index contributed by atoms with van der Waals surface area (Å²) in [6, 6.07) is 8.16. The molecule has 1 aromatic heterocycles. The number of aromatic nitrogens is 2. The molecule has 1 aromatic carbocycles. The molecule has 0 spiro atoms. The lowest BCUT2D eigenvalue weighted by Crippen LogP contribution is -2.44. The molecule has 1 aliphatic rings. The summed E-state index contributed by atoms with van der Waals surface area (Å²) in [5, 5.41) is 3.80. The van der Waals surface area contributed by atoms with Crippen LogP contribution >= 0.6 is 11.6 Å². The fraction of sp³-hybridized carbons (Fsp3) is 0.353. The van der Waals surface area contributed by atoms with Gasteiger partial charge in [0.1, 0.15) is 5.69 Å². The number of nitrogens with zero attached hydrogens (tertiary/aromatic N) is 3. The van der Waals surface area contributed by atoms with Crippen LogP contribution in [-0.4, -0.2) is 39.9 Å². The lowest BCUT2D eigenvalue weighted by atomic mass is 10.0. The highest BCUT2D eigenvalue weighted by molar-refractivity contribution is 6.30. The van der Waals surface area contributed by atoms with E-state index in [9.17, 15) is 4.79 Å². The fourth-order valence-electron chi connectivity index (χ4n) is 2.76. The van der Waals surface area contributed by atoms with Crippen molar-refractivity contribution >= 4 is 17.5 Å². The first-order valence-corrected chi connectivity index (χ1v) is 8.12. The van der Waals surface area contributed by atoms with Gasteiger partial charge in [-0.2, -0.15) is 0 Å². The number of piperidine rings is 1. The predicted molar refractivity (Wildman–Crippen MR) is 89.2 cm³/mol. The van der Waals surface area contributed by atoms with Gasteiger partial charge in [-0.3, -0.25) is 14.7 Å². The van der Waals surface area contributed by atoms with Gasteiger partial charge in [0.15, 0.2) is 0 Å². The zero-order chi connectivity index (χ0) is 16.1. The number of carbonyl (C=O) groups excluding carboxylic acids is 1. The number of halogens is 1. The Hall–Kier alpha value is -1.98. The SMILES string of the molecule is O=C(NC1CCN(Cc2ccc(Cl)cc2)CC1)c1cnccn1. The van der Waals surface area contributed by atoms with Crippen molar-refractivity contribution in [2.75, 3.05) is 13.1 Å². The minimum absolute atomic E-state index is 0.144. The third-order valence-corrected chi connectivity index (χ3v) is 4.29. The molecular weight excluding hydrogens is 312 g/mol. The first-order valence-electron chi connectivity index (χ1n) is 7.74. The van der Waals surface area contributed by atoms with E-state index in [4.69, 9.17) is 11.6 Å². The van der Waals surface area contributed by atoms with E-state index in [0.29, 0.717) is 5.69 Å². The highest BCUT2D eigenvalue weighted by Crippen LogP contribution is 2.16. The van der Waals surface area contributed by atoms with Crippen LogP contribution in [-0.2, 0) is 6.54 Å². The number of amides is 1. The molecule has 120 valence electrons. The van der Waals surface area contributed by atoms with Crippen LogP contribution in [0.25, 0.3) is 0 Å². The smallest absolute Gasteiger partial charge is 0.271 e. The molecule has 3 rings (SSSR count). The molecule has 2 heterocycles. The minimum atomic E-state index is -0.144. The summed E-state index contributed by atoms with van der Waals surface area (Å²) in [5.74, 6) is -0.144. The van der Waals surface area contributed by atoms with Gasteiger partial charge in [0.05, 0.1) is 6.20 Å². The van der Waals surface area contributed by atoms with Gasteiger partial charge in [-0.15, -0.1) is 0 Å². The molecule has 2 aromatic rings. The second-order valence-corrected chi connectivity index (χ2v) is 6.18. The van der Waals surface area contributed by atoms with Crippen LogP contribution in [0.4, 0.5) is 0 Å². The molecule has 1 saturated heterocycles. The van der Waals surface area contributed by atoms with E-state index in [1.165, 1.54) is 18.0 Å². The molecule has 5 nitrogen and oxygen atoms in total. The summed E-state index contributed by atoms with van der Waals surface area (Å²) in [5.41, 5.74) is 1.63. The third-order valence-electron chi connectivity index (χ3n) is 4.04. The predicted octanol–water partition coefficient (Wildman–Crippen LogP) is 2.52. The lowest BCUT2D eigenvalue weighted by molar-refractivity contribution is 0.0903. The summed E-state index contributed by atoms with van der Waals surface area (Å²) >= 11 is 5.91. The van der Waals surface area contributed by atoms with E-state index in [-0.39, 0.29) is 11.9 Å². The van der Waals surface area contributed by atoms with Gasteiger partial charge < -0.3 is 5.32 Å². The molecule has 6 heteroatoms. The van der Waals surface area contributed by atoms with Crippen molar-refractivity contribution in [1.29, 1.82) is 0 Å². The molecule has 0 saturated carbocycles. The van der Waals surface area contributed by atoms with Crippen molar-refractivity contribution in [2.45, 2.75) is 25.4 Å². The van der Waals surface area contributed by atoms with Crippen LogP contribution in [0.1, 0.15) is 28.9 Å². The number of nitrogens with one attached hydrogen (secondary N) is 1. The Balaban J connectivity index is 1.47. The number of benzene rings is 1. The van der Waals surface area contributed by atoms with Gasteiger partial charge >= 0.3 is 0 Å². The summed E-state index contributed by atoms with van der Waals surface area (Å²) in [6.45, 7) is 2.85. The van der Waals surface area contributed by atoms with Crippen LogP contribution in [0, 0.1) is 0 Å². The van der Waals surface area contributed by atoms with Crippen molar-refractivity contribution in [3.05, 3.63) is 59.1 Å². The number of hydrogen-bond donors (Lipinski definition) is 1. The Morgan fingerprint density at radius 2 is 1.96 bits per heavy atom. The number of hydrogen-bond acceptors (Lipinski definition) is 4. The highest BCUT2D eigenvalue weighted by atomic mass is 35.5. The molecule has 1 fully saturated rings. The monoisotopic (exact) mass is 330 g/mol. The van der Waals surface area contributed by atoms with Crippen LogP contribution in [0.5, 0.6) is 0 Å². The largest absolute Gasteiger partial charge is 0.348 e. The summed E-state index contributed by atoms with van der Waals surface area (Å²) in [4.78, 5) is 22.4. The maximum absolute atomic E-state index is 12.1. The second-order valence-electron chi connectivity index (χ2n) is 5.74. The Morgan fingerprint density at radius 1 is 1.22 bits per heavy atom. The maximum Gasteiger partial charge on any atom is 0.271 e. The molecular formula is C17H19ClN4O. The molecule has 0 atom stereocenters. The van der Waals surface area contributed by atoms with E-state index in [1.54, 1.807) is 6.20 Å². The third kappa shape index (κ3) is 4.50. The summed E-state index contributed by atoms with van der Waals surface area (Å²) < 4.78 is 0. The molecule has 23 heavy (non-hydrogen) atoms. The minimum Gasteiger partial charge on any atom is -0.348 e. The Bertz CT molecular complexity index is 639. The van der Waals surface area contributed by atoms with Crippen molar-refractivity contribution in [3.63, 3.8) is 0 Å². The topological polar surface area (TPSA) is 58.1 Å². The Labute approximate surface area is 140 Å². The van der Waals surface area contributed by atoms with Gasteiger partial charge in [-0.1, -0.05) is 23.7 Å². The van der Waals surface area contributed by atoms with Gasteiger partial charge in [0.2, 0.25) is 0 Å². The van der Waals surface area contributed by atoms with Crippen molar-refractivity contribution < 1.29 is 4.79 Å². The van der Waals surface area contributed by atoms with E-state index < -0.39 is 0 Å². The number of likely N-dealkylation sites (tertiary alicyclic amines) is 1. The molecule has 1 aliphatic heterocycles. The zero-order valence-corrected chi connectivity index (χ0v) is 13.5. The highest BCUT2D eigenvalue weighted by Gasteiger charge is 2.21. The molecule has 1 N–H and O–H groups in total. The first-order chi connectivity index (χ1) is 11.2. The maximum atomic E-state index is 12.1. The van der Waals surface area contributed by atoms with Crippen molar-refractivity contribution in [2.24, 2.45) is 0 Å². The fourth-order valence-corrected chi connectivity index (χ4v) is 2.89. The molecule has 0 radical (unpaired) electrons. The number of carbonyl (C=O) groups is 1. The van der Waals surface area contributed by atoms with Crippen LogP contribution < -0.4 is 5.32 Å². The van der Waals surface area contributed by atoms with Crippen molar-refractivity contribution in [3.8, 4) is 0 Å². The Kier molecular flexibility index (Phi) is 5.20. The molecule has 0 aliphatic carbocycles. The van der Waals surface area contributed by atoms with E-state index in [0.717, 1.165) is 37.5 Å². The van der Waals surface area contributed by atoms with Crippen LogP contribution in [0.3, 0.4) is 0 Å². The van der Waals surface area contributed by atoms with Crippen LogP contribution in [0.2, 0.25) is 5.02 Å². The van der Waals surface area contributed by atoms with Gasteiger partial charge in [0, 0.05) is 43.1 Å². The summed E-state index contributed by atoms with van der Waals surface area (Å²) in [6.07, 6.45) is 6.47. The average molecular weight is 331 g/mol. The molecule has 0 bridgehead atoms.